The maximum absolute atomic E-state index is 6.41. The van der Waals surface area contributed by atoms with Gasteiger partial charge in [-0.15, -0.1) is 0 Å². The molecule has 14 fully saturated rings. The number of hydrogen-bond donors (Lipinski definition) is 0. The molecule has 0 N–H and O–H groups in total. The Labute approximate surface area is 774 Å². The van der Waals surface area contributed by atoms with E-state index in [0.29, 0.717) is 42.4 Å². The summed E-state index contributed by atoms with van der Waals surface area (Å²) in [4.78, 5) is 0. The summed E-state index contributed by atoms with van der Waals surface area (Å²) in [5.41, 5.74) is 2.35. The number of rotatable bonds is 31. The second-order valence-corrected chi connectivity index (χ2v) is 47.6. The molecular weight excluding hydrogens is 1640 g/mol. The molecule has 14 aliphatic rings. The zero-order chi connectivity index (χ0) is 86.0. The standard InChI is InChI=1S/C23H35ClO2.2C16H29ClO.C14H25ClO.C13H21ClO.C12H23ClO.C11H21ClO/c1-23(14-6-3-7-15-23)18-22(24)26-17-16-25-21-12-10-20(11-13-21)19-8-4-2-5-9-19;1-16(2,3)11-15(17)18-14-9-8-12-6-4-5-7-13(12)10-14;17-16(13-15-9-5-2-6-10-15)18-12-11-14-7-3-1-4-8-14;15-14(11-12-7-3-1-4-8-12)16-13-9-5-2-6-10-13;1-15-12(14)8-13-5-9-2-10(6-13)4-11(3-9)7-13;1-12(2,3)9-11(13)14-10-7-5-4-6-8-10;1-9(2)13-11(12)8-10-6-4-3-5-7-10/h10-13,19,22H,2-9,14-18H2,1H3;12-15H,4-11H2,1-3H3;14-16H,1-13H2;12-14H,1-11H2;9-12H,2-8H2,1H3;10-11H,4-9H2,1-3H3;9-11H,3-8H2,1-2H3. The molecule has 0 aromatic heterocycles. The molecular formula is C105H183Cl7O8. The van der Waals surface area contributed by atoms with Crippen LogP contribution >= 0.6 is 81.2 Å². The Kier molecular flexibility index (Phi) is 51.8. The summed E-state index contributed by atoms with van der Waals surface area (Å²) in [5.74, 6) is 10.1. The van der Waals surface area contributed by atoms with Crippen LogP contribution in [0.2, 0.25) is 0 Å². The fraction of sp³-hybridized carbons (Fsp3) is 0.943. The minimum atomic E-state index is -0.199. The van der Waals surface area contributed by atoms with E-state index in [1.54, 1.807) is 7.11 Å². The van der Waals surface area contributed by atoms with E-state index in [1.165, 1.54) is 352 Å². The Hall–Kier alpha value is 0.770. The van der Waals surface area contributed by atoms with Crippen LogP contribution in [0.5, 0.6) is 5.75 Å². The number of ether oxygens (including phenoxy) is 8. The molecule has 15 rings (SSSR count). The molecule has 0 saturated heterocycles. The van der Waals surface area contributed by atoms with Crippen molar-refractivity contribution in [2.75, 3.05) is 26.9 Å². The van der Waals surface area contributed by atoms with Gasteiger partial charge in [0.15, 0.2) is 0 Å². The maximum Gasteiger partial charge on any atom is 0.132 e. The summed E-state index contributed by atoms with van der Waals surface area (Å²) >= 11 is 43.8. The Balaban J connectivity index is 0.000000176. The Morgan fingerprint density at radius 1 is 0.367 bits per heavy atom. The highest BCUT2D eigenvalue weighted by atomic mass is 35.5. The molecule has 4 bridgehead atoms. The topological polar surface area (TPSA) is 73.8 Å². The van der Waals surface area contributed by atoms with Crippen molar-refractivity contribution in [2.24, 2.45) is 74.9 Å². The molecule has 0 radical (unpaired) electrons. The lowest BCUT2D eigenvalue weighted by Gasteiger charge is -2.57. The average molecular weight is 1820 g/mol. The van der Waals surface area contributed by atoms with Crippen LogP contribution in [0.4, 0.5) is 0 Å². The van der Waals surface area contributed by atoms with Crippen molar-refractivity contribution in [2.45, 2.75) is 523 Å². The van der Waals surface area contributed by atoms with Crippen LogP contribution in [0.3, 0.4) is 0 Å². The monoisotopic (exact) mass is 1820 g/mol. The third-order valence-corrected chi connectivity index (χ3v) is 32.2. The smallest absolute Gasteiger partial charge is 0.132 e. The summed E-state index contributed by atoms with van der Waals surface area (Å²) < 4.78 is 46.1. The summed E-state index contributed by atoms with van der Waals surface area (Å²) in [5, 5.41) is 0. The third kappa shape index (κ3) is 45.3. The van der Waals surface area contributed by atoms with Gasteiger partial charge >= 0.3 is 0 Å². The minimum Gasteiger partial charge on any atom is -0.491 e. The molecule has 0 aliphatic heterocycles. The van der Waals surface area contributed by atoms with E-state index < -0.39 is 0 Å². The van der Waals surface area contributed by atoms with Crippen molar-refractivity contribution in [1.82, 2.24) is 0 Å². The van der Waals surface area contributed by atoms with Gasteiger partial charge in [-0.2, -0.15) is 0 Å². The number of hydrogen-bond acceptors (Lipinski definition) is 8. The predicted molar refractivity (Wildman–Crippen MR) is 514 cm³/mol. The van der Waals surface area contributed by atoms with Crippen LogP contribution in [-0.4, -0.2) is 90.3 Å². The highest BCUT2D eigenvalue weighted by Crippen LogP contribution is 2.62. The van der Waals surface area contributed by atoms with Gasteiger partial charge in [0.2, 0.25) is 0 Å². The molecule has 1 aromatic carbocycles. The molecule has 0 spiro atoms. The molecule has 120 heavy (non-hydrogen) atoms. The Bertz CT molecular complexity index is 2630. The number of fused-ring (bicyclic) bond motifs is 1. The number of benzene rings is 1. The lowest BCUT2D eigenvalue weighted by atomic mass is 9.49. The van der Waals surface area contributed by atoms with Crippen molar-refractivity contribution in [3.8, 4) is 5.75 Å². The van der Waals surface area contributed by atoms with Crippen molar-refractivity contribution in [1.29, 1.82) is 0 Å². The fourth-order valence-electron chi connectivity index (χ4n) is 24.0. The summed E-state index contributed by atoms with van der Waals surface area (Å²) in [6.07, 6.45) is 82.7. The maximum atomic E-state index is 6.41. The van der Waals surface area contributed by atoms with Crippen molar-refractivity contribution >= 4 is 81.2 Å². The summed E-state index contributed by atoms with van der Waals surface area (Å²) in [7, 11) is 1.73. The van der Waals surface area contributed by atoms with Gasteiger partial charge in [-0.1, -0.05) is 373 Å². The van der Waals surface area contributed by atoms with Gasteiger partial charge in [0, 0.05) is 13.7 Å². The quantitative estimate of drug-likeness (QED) is 0.0538. The van der Waals surface area contributed by atoms with Crippen LogP contribution in [0.1, 0.15) is 465 Å². The number of halogens is 7. The predicted octanol–water partition coefficient (Wildman–Crippen LogP) is 34.9. The first-order valence-corrected chi connectivity index (χ1v) is 54.3. The zero-order valence-corrected chi connectivity index (χ0v) is 83.9. The molecule has 0 heterocycles. The largest absolute Gasteiger partial charge is 0.491 e. The van der Waals surface area contributed by atoms with Crippen molar-refractivity contribution in [3.63, 3.8) is 0 Å². The second-order valence-electron chi connectivity index (χ2n) is 44.2. The van der Waals surface area contributed by atoms with Crippen molar-refractivity contribution < 1.29 is 37.9 Å². The van der Waals surface area contributed by atoms with E-state index in [1.807, 2.05) is 13.8 Å². The zero-order valence-electron chi connectivity index (χ0n) is 78.6. The van der Waals surface area contributed by atoms with Crippen LogP contribution < -0.4 is 4.74 Å². The summed E-state index contributed by atoms with van der Waals surface area (Å²) in [6, 6.07) is 8.68. The number of alkyl halides is 7. The SMILES string of the molecule is CC(C)(C)CC(Cl)OC1CCC2CCCCC2C1.CC(C)(C)CC(Cl)OC1CCCCC1.CC(C)OC(Cl)CC1CCCCC1.CC1(CC(Cl)OCCOc2ccc(C3CCCCC3)cc2)CCCCC1.COC(Cl)CC12CC3CC(CC(C3)C1)C2.ClC(CC1CCCCC1)OC1CCCCC1.ClC(CC1CCCCC1)OCCC1CCCCC1. The van der Waals surface area contributed by atoms with Gasteiger partial charge < -0.3 is 37.9 Å². The minimum absolute atomic E-state index is 0.0220. The first kappa shape index (κ1) is 106. The first-order chi connectivity index (χ1) is 57.6. The van der Waals surface area contributed by atoms with E-state index in [0.717, 1.165) is 116 Å². The van der Waals surface area contributed by atoms with Crippen LogP contribution in [0.15, 0.2) is 24.3 Å². The van der Waals surface area contributed by atoms with Gasteiger partial charge in [-0.3, -0.25) is 0 Å². The number of methoxy groups -OCH3 is 1. The molecule has 14 aliphatic carbocycles. The molecule has 10 unspecified atom stereocenters. The highest BCUT2D eigenvalue weighted by molar-refractivity contribution is 6.21. The van der Waals surface area contributed by atoms with E-state index in [9.17, 15) is 0 Å². The van der Waals surface area contributed by atoms with Crippen LogP contribution in [0.25, 0.3) is 0 Å². The molecule has 14 saturated carbocycles. The van der Waals surface area contributed by atoms with Gasteiger partial charge in [-0.05, 0) is 273 Å². The lowest BCUT2D eigenvalue weighted by molar-refractivity contribution is -0.0708. The van der Waals surface area contributed by atoms with E-state index in [-0.39, 0.29) is 55.9 Å². The highest BCUT2D eigenvalue weighted by Gasteiger charge is 2.51. The molecule has 15 heteroatoms. The molecule has 8 nitrogen and oxygen atoms in total. The molecule has 0 amide bonds. The van der Waals surface area contributed by atoms with Gasteiger partial charge in [-0.25, -0.2) is 0 Å². The third-order valence-electron chi connectivity index (χ3n) is 30.2. The van der Waals surface area contributed by atoms with Gasteiger partial charge in [0.25, 0.3) is 0 Å². The Morgan fingerprint density at radius 3 is 1.23 bits per heavy atom. The van der Waals surface area contributed by atoms with Gasteiger partial charge in [0.1, 0.15) is 51.3 Å². The fourth-order valence-corrected chi connectivity index (χ4v) is 27.2. The average Bonchev–Trinajstić information content (AvgIpc) is 0.749. The molecule has 700 valence electrons. The molecule has 1 aromatic rings. The van der Waals surface area contributed by atoms with Gasteiger partial charge in [0.05, 0.1) is 31.0 Å². The normalized spacial score (nSPS) is 28.6. The van der Waals surface area contributed by atoms with E-state index in [4.69, 9.17) is 119 Å². The summed E-state index contributed by atoms with van der Waals surface area (Å²) in [6.45, 7) is 21.7. The van der Waals surface area contributed by atoms with E-state index in [2.05, 4.69) is 72.7 Å². The second kappa shape index (κ2) is 58.6. The van der Waals surface area contributed by atoms with Crippen LogP contribution in [-0.2, 0) is 33.2 Å². The Morgan fingerprint density at radius 2 is 0.767 bits per heavy atom. The van der Waals surface area contributed by atoms with E-state index >= 15 is 0 Å². The molecule has 10 atom stereocenters. The van der Waals surface area contributed by atoms with Crippen molar-refractivity contribution in [3.05, 3.63) is 29.8 Å². The van der Waals surface area contributed by atoms with Crippen LogP contribution in [0, 0.1) is 74.9 Å². The lowest BCUT2D eigenvalue weighted by Crippen LogP contribution is -2.47. The first-order valence-electron chi connectivity index (χ1n) is 51.2.